The number of phenols is 1. The Bertz CT molecular complexity index is 613. The molecule has 0 bridgehead atoms. The van der Waals surface area contributed by atoms with Gasteiger partial charge in [0.15, 0.2) is 0 Å². The largest absolute Gasteiger partial charge is 0.507 e. The van der Waals surface area contributed by atoms with Crippen LogP contribution in [0.3, 0.4) is 0 Å². The van der Waals surface area contributed by atoms with E-state index in [0.29, 0.717) is 0 Å². The summed E-state index contributed by atoms with van der Waals surface area (Å²) in [6.07, 6.45) is 2.02. The number of carboxylic acid groups (broad SMARTS) is 1. The first-order valence-corrected chi connectivity index (χ1v) is 6.46. The van der Waals surface area contributed by atoms with Crippen molar-refractivity contribution in [1.29, 1.82) is 0 Å². The molecule has 0 saturated carbocycles. The second kappa shape index (κ2) is 4.96. The third-order valence-electron chi connectivity index (χ3n) is 3.43. The fourth-order valence-corrected chi connectivity index (χ4v) is 2.50. The van der Waals surface area contributed by atoms with Crippen LogP contribution in [0.2, 0.25) is 0 Å². The normalized spacial score (nSPS) is 13.1. The number of carboxylic acids is 1. The molecule has 0 aliphatic heterocycles. The molecule has 2 rings (SSSR count). The van der Waals surface area contributed by atoms with E-state index in [1.807, 2.05) is 25.3 Å². The van der Waals surface area contributed by atoms with Crippen LogP contribution >= 0.6 is 0 Å². The van der Waals surface area contributed by atoms with Gasteiger partial charge in [-0.1, -0.05) is 13.0 Å². The fourth-order valence-electron chi connectivity index (χ4n) is 2.50. The smallest absolute Gasteiger partial charge is 0.303 e. The summed E-state index contributed by atoms with van der Waals surface area (Å²) in [7, 11) is 0. The zero-order valence-electron chi connectivity index (χ0n) is 11.4. The number of nitrogens with zero attached hydrogens (tertiary/aromatic N) is 1. The number of rotatable bonds is 4. The Morgan fingerprint density at radius 3 is 2.58 bits per heavy atom. The average molecular weight is 261 g/mol. The van der Waals surface area contributed by atoms with Crippen molar-refractivity contribution >= 4 is 16.9 Å². The lowest BCUT2D eigenvalue weighted by molar-refractivity contribution is -0.137. The van der Waals surface area contributed by atoms with Crippen LogP contribution in [-0.2, 0) is 4.79 Å². The molecule has 1 heterocycles. The minimum absolute atomic E-state index is 0.0611. The molecule has 0 aliphatic rings. The first-order valence-electron chi connectivity index (χ1n) is 6.46. The molecule has 0 radical (unpaired) electrons. The van der Waals surface area contributed by atoms with Gasteiger partial charge in [-0.05, 0) is 37.5 Å². The van der Waals surface area contributed by atoms with Gasteiger partial charge >= 0.3 is 5.97 Å². The monoisotopic (exact) mass is 261 g/mol. The highest BCUT2D eigenvalue weighted by Gasteiger charge is 2.19. The quantitative estimate of drug-likeness (QED) is 0.885. The van der Waals surface area contributed by atoms with Crippen molar-refractivity contribution in [3.63, 3.8) is 0 Å². The van der Waals surface area contributed by atoms with Gasteiger partial charge in [-0.2, -0.15) is 0 Å². The Balaban J connectivity index is 2.63. The van der Waals surface area contributed by atoms with Crippen LogP contribution in [0.1, 0.15) is 44.7 Å². The van der Waals surface area contributed by atoms with E-state index < -0.39 is 5.97 Å². The van der Waals surface area contributed by atoms with Crippen LogP contribution in [-0.4, -0.2) is 20.7 Å². The minimum Gasteiger partial charge on any atom is -0.507 e. The van der Waals surface area contributed by atoms with Gasteiger partial charge in [-0.25, -0.2) is 0 Å². The van der Waals surface area contributed by atoms with Crippen molar-refractivity contribution in [2.75, 3.05) is 0 Å². The summed E-state index contributed by atoms with van der Waals surface area (Å²) in [5.74, 6) is -0.745. The van der Waals surface area contributed by atoms with Crippen LogP contribution in [0.5, 0.6) is 5.75 Å². The number of hydrogen-bond donors (Lipinski definition) is 2. The molecular weight excluding hydrogens is 242 g/mol. The van der Waals surface area contributed by atoms with Crippen molar-refractivity contribution in [3.8, 4) is 5.75 Å². The lowest BCUT2D eigenvalue weighted by Crippen LogP contribution is -2.03. The van der Waals surface area contributed by atoms with E-state index in [4.69, 9.17) is 5.11 Å². The Morgan fingerprint density at radius 1 is 1.32 bits per heavy atom. The van der Waals surface area contributed by atoms with E-state index in [1.165, 1.54) is 0 Å². The minimum atomic E-state index is -0.826. The topological polar surface area (TPSA) is 62.5 Å². The molecule has 1 aromatic carbocycles. The van der Waals surface area contributed by atoms with Crippen LogP contribution in [0, 0.1) is 0 Å². The van der Waals surface area contributed by atoms with E-state index in [1.54, 1.807) is 6.07 Å². The third-order valence-corrected chi connectivity index (χ3v) is 3.43. The van der Waals surface area contributed by atoms with Gasteiger partial charge in [-0.3, -0.25) is 4.79 Å². The molecule has 19 heavy (non-hydrogen) atoms. The molecule has 1 aromatic heterocycles. The SMILES string of the molecule is CC(CC(=O)O)c1cn(C(C)C)c2cccc(O)c12. The number of aromatic hydroxyl groups is 1. The van der Waals surface area contributed by atoms with E-state index in [9.17, 15) is 9.90 Å². The molecule has 2 N–H and O–H groups in total. The summed E-state index contributed by atoms with van der Waals surface area (Å²) in [6.45, 7) is 6.00. The van der Waals surface area contributed by atoms with Gasteiger partial charge in [0.25, 0.3) is 0 Å². The fraction of sp³-hybridized carbons (Fsp3) is 0.400. The van der Waals surface area contributed by atoms with E-state index in [-0.39, 0.29) is 24.1 Å². The number of aromatic nitrogens is 1. The zero-order valence-corrected chi connectivity index (χ0v) is 11.4. The number of aliphatic carboxylic acids is 1. The molecule has 2 aromatic rings. The van der Waals surface area contributed by atoms with E-state index in [0.717, 1.165) is 16.5 Å². The number of benzene rings is 1. The molecule has 0 aliphatic carbocycles. The van der Waals surface area contributed by atoms with E-state index in [2.05, 4.69) is 18.4 Å². The average Bonchev–Trinajstić information content (AvgIpc) is 2.69. The van der Waals surface area contributed by atoms with Crippen molar-refractivity contribution in [1.82, 2.24) is 4.57 Å². The summed E-state index contributed by atoms with van der Waals surface area (Å²) in [4.78, 5) is 10.9. The summed E-state index contributed by atoms with van der Waals surface area (Å²) in [5.41, 5.74) is 1.84. The Morgan fingerprint density at radius 2 is 2.00 bits per heavy atom. The molecule has 1 unspecified atom stereocenters. The van der Waals surface area contributed by atoms with Crippen molar-refractivity contribution in [3.05, 3.63) is 30.0 Å². The highest BCUT2D eigenvalue weighted by Crippen LogP contribution is 2.36. The zero-order chi connectivity index (χ0) is 14.2. The highest BCUT2D eigenvalue weighted by atomic mass is 16.4. The van der Waals surface area contributed by atoms with Crippen molar-refractivity contribution in [2.45, 2.75) is 39.2 Å². The molecule has 0 saturated heterocycles. The molecule has 4 heteroatoms. The van der Waals surface area contributed by atoms with Crippen molar-refractivity contribution in [2.24, 2.45) is 0 Å². The maximum absolute atomic E-state index is 10.9. The van der Waals surface area contributed by atoms with E-state index >= 15 is 0 Å². The Hall–Kier alpha value is -1.97. The van der Waals surface area contributed by atoms with Crippen LogP contribution in [0.15, 0.2) is 24.4 Å². The molecule has 1 atom stereocenters. The van der Waals surface area contributed by atoms with Crippen LogP contribution in [0.25, 0.3) is 10.9 Å². The first-order chi connectivity index (χ1) is 8.91. The lowest BCUT2D eigenvalue weighted by atomic mass is 9.97. The molecular formula is C15H19NO3. The molecule has 4 nitrogen and oxygen atoms in total. The summed E-state index contributed by atoms with van der Waals surface area (Å²) >= 11 is 0. The summed E-state index contributed by atoms with van der Waals surface area (Å²) in [6, 6.07) is 5.66. The molecule has 0 spiro atoms. The highest BCUT2D eigenvalue weighted by molar-refractivity contribution is 5.90. The van der Waals surface area contributed by atoms with Crippen LogP contribution in [0.4, 0.5) is 0 Å². The van der Waals surface area contributed by atoms with Crippen molar-refractivity contribution < 1.29 is 15.0 Å². The number of carbonyl (C=O) groups is 1. The number of phenolic OH excluding ortho intramolecular Hbond substituents is 1. The van der Waals surface area contributed by atoms with Gasteiger partial charge in [0.1, 0.15) is 5.75 Å². The van der Waals surface area contributed by atoms with Gasteiger partial charge in [0.2, 0.25) is 0 Å². The summed E-state index contributed by atoms with van der Waals surface area (Å²) < 4.78 is 2.07. The second-order valence-electron chi connectivity index (χ2n) is 5.26. The van der Waals surface area contributed by atoms with Gasteiger partial charge in [-0.15, -0.1) is 0 Å². The van der Waals surface area contributed by atoms with Crippen LogP contribution < -0.4 is 0 Å². The maximum Gasteiger partial charge on any atom is 0.303 e. The number of fused-ring (bicyclic) bond motifs is 1. The Labute approximate surface area is 112 Å². The Kier molecular flexibility index (Phi) is 3.51. The molecule has 102 valence electrons. The predicted octanol–water partition coefficient (Wildman–Crippen LogP) is 3.51. The first kappa shape index (κ1) is 13.5. The molecule has 0 fully saturated rings. The summed E-state index contributed by atoms with van der Waals surface area (Å²) in [5, 5.41) is 19.8. The van der Waals surface area contributed by atoms with Gasteiger partial charge < -0.3 is 14.8 Å². The standard InChI is InChI=1S/C15H19NO3/c1-9(2)16-8-11(10(3)7-14(18)19)15-12(16)5-4-6-13(15)17/h4-6,8-10,17H,7H2,1-3H3,(H,18,19). The maximum atomic E-state index is 10.9. The number of hydrogen-bond acceptors (Lipinski definition) is 2. The van der Waals surface area contributed by atoms with Gasteiger partial charge in [0, 0.05) is 17.6 Å². The second-order valence-corrected chi connectivity index (χ2v) is 5.26. The third kappa shape index (κ3) is 2.43. The predicted molar refractivity (Wildman–Crippen MR) is 74.7 cm³/mol. The lowest BCUT2D eigenvalue weighted by Gasteiger charge is -2.08. The molecule has 0 amide bonds. The van der Waals surface area contributed by atoms with Gasteiger partial charge in [0.05, 0.1) is 11.9 Å².